The zero-order valence-corrected chi connectivity index (χ0v) is 11.4. The average molecular weight is 270 g/mol. The molecule has 1 amide bonds. The van der Waals surface area contributed by atoms with Crippen molar-refractivity contribution in [1.82, 2.24) is 4.90 Å². The molecule has 0 saturated carbocycles. The molecule has 106 valence electrons. The van der Waals surface area contributed by atoms with Crippen molar-refractivity contribution in [1.29, 1.82) is 0 Å². The lowest BCUT2D eigenvalue weighted by atomic mass is 10.3. The zero-order valence-electron chi connectivity index (χ0n) is 11.4. The van der Waals surface area contributed by atoms with Gasteiger partial charge in [-0.25, -0.2) is 8.78 Å². The van der Waals surface area contributed by atoms with Crippen molar-refractivity contribution in [2.45, 2.75) is 26.7 Å². The van der Waals surface area contributed by atoms with E-state index in [4.69, 9.17) is 0 Å². The molecule has 1 rings (SSSR count). The lowest BCUT2D eigenvalue weighted by Crippen LogP contribution is -2.36. The Labute approximate surface area is 112 Å². The maximum Gasteiger partial charge on any atom is 0.241 e. The van der Waals surface area contributed by atoms with Gasteiger partial charge in [0.1, 0.15) is 0 Å². The van der Waals surface area contributed by atoms with Crippen molar-refractivity contribution < 1.29 is 13.6 Å². The van der Waals surface area contributed by atoms with E-state index in [2.05, 4.69) is 5.32 Å². The molecule has 1 aromatic rings. The maximum atomic E-state index is 13.0. The molecule has 0 aromatic heterocycles. The fourth-order valence-corrected chi connectivity index (χ4v) is 1.80. The highest BCUT2D eigenvalue weighted by atomic mass is 19.2. The highest BCUT2D eigenvalue weighted by Gasteiger charge is 2.11. The van der Waals surface area contributed by atoms with Gasteiger partial charge in [0.15, 0.2) is 11.6 Å². The molecule has 0 aliphatic carbocycles. The number of benzene rings is 1. The Balaban J connectivity index is 2.54. The summed E-state index contributed by atoms with van der Waals surface area (Å²) in [6.07, 6.45) is 1.80. The number of hydrogen-bond donors (Lipinski definition) is 1. The van der Waals surface area contributed by atoms with Gasteiger partial charge in [0.05, 0.1) is 6.54 Å². The minimum absolute atomic E-state index is 0.0339. The van der Waals surface area contributed by atoms with Crippen molar-refractivity contribution >= 4 is 11.6 Å². The van der Waals surface area contributed by atoms with Gasteiger partial charge in [0.25, 0.3) is 0 Å². The number of nitrogens with zero attached hydrogens (tertiary/aromatic N) is 1. The van der Waals surface area contributed by atoms with Crippen LogP contribution < -0.4 is 5.32 Å². The van der Waals surface area contributed by atoms with Crippen molar-refractivity contribution in [3.63, 3.8) is 0 Å². The molecular formula is C14H20F2N2O. The molecule has 0 spiro atoms. The molecule has 19 heavy (non-hydrogen) atoms. The summed E-state index contributed by atoms with van der Waals surface area (Å²) in [6.45, 7) is 5.54. The second-order valence-electron chi connectivity index (χ2n) is 4.36. The lowest BCUT2D eigenvalue weighted by molar-refractivity contribution is -0.129. The maximum absolute atomic E-state index is 13.0. The number of carbonyl (C=O) groups excluding carboxylic acids is 1. The third-order valence-electron chi connectivity index (χ3n) is 2.70. The topological polar surface area (TPSA) is 32.3 Å². The van der Waals surface area contributed by atoms with Crippen LogP contribution in [-0.2, 0) is 4.79 Å². The van der Waals surface area contributed by atoms with Crippen LogP contribution in [-0.4, -0.2) is 30.4 Å². The Bertz CT molecular complexity index is 418. The van der Waals surface area contributed by atoms with E-state index in [-0.39, 0.29) is 12.5 Å². The summed E-state index contributed by atoms with van der Waals surface area (Å²) in [5.74, 6) is -1.85. The number of hydrogen-bond acceptors (Lipinski definition) is 2. The molecule has 0 bridgehead atoms. The third-order valence-corrected chi connectivity index (χ3v) is 2.70. The van der Waals surface area contributed by atoms with Crippen LogP contribution in [0, 0.1) is 11.6 Å². The van der Waals surface area contributed by atoms with Gasteiger partial charge in [-0.1, -0.05) is 13.8 Å². The van der Waals surface area contributed by atoms with E-state index < -0.39 is 11.6 Å². The average Bonchev–Trinajstić information content (AvgIpc) is 2.39. The highest BCUT2D eigenvalue weighted by molar-refractivity contribution is 5.80. The Hall–Kier alpha value is -1.65. The Morgan fingerprint density at radius 1 is 1.16 bits per heavy atom. The van der Waals surface area contributed by atoms with Gasteiger partial charge in [-0.2, -0.15) is 0 Å². The van der Waals surface area contributed by atoms with E-state index in [1.807, 2.05) is 13.8 Å². The van der Waals surface area contributed by atoms with Crippen LogP contribution in [0.15, 0.2) is 18.2 Å². The first-order chi connectivity index (χ1) is 9.08. The molecule has 5 heteroatoms. The van der Waals surface area contributed by atoms with E-state index in [9.17, 15) is 13.6 Å². The highest BCUT2D eigenvalue weighted by Crippen LogP contribution is 2.12. The van der Waals surface area contributed by atoms with Crippen LogP contribution in [0.4, 0.5) is 14.5 Å². The molecule has 0 aliphatic rings. The van der Waals surface area contributed by atoms with Crippen molar-refractivity contribution in [3.8, 4) is 0 Å². The quantitative estimate of drug-likeness (QED) is 0.826. The van der Waals surface area contributed by atoms with Crippen LogP contribution in [0.2, 0.25) is 0 Å². The van der Waals surface area contributed by atoms with Gasteiger partial charge in [-0.05, 0) is 25.0 Å². The largest absolute Gasteiger partial charge is 0.376 e. The number of halogens is 2. The zero-order chi connectivity index (χ0) is 14.3. The number of amides is 1. The summed E-state index contributed by atoms with van der Waals surface area (Å²) < 4.78 is 25.7. The van der Waals surface area contributed by atoms with Gasteiger partial charge in [0.2, 0.25) is 5.91 Å². The molecule has 0 aliphatic heterocycles. The molecule has 0 fully saturated rings. The first-order valence-electron chi connectivity index (χ1n) is 6.55. The number of carbonyl (C=O) groups is 1. The molecule has 0 heterocycles. The number of anilines is 1. The first kappa shape index (κ1) is 15.4. The van der Waals surface area contributed by atoms with E-state index in [0.717, 1.165) is 25.0 Å². The van der Waals surface area contributed by atoms with Crippen molar-refractivity contribution in [3.05, 3.63) is 29.8 Å². The smallest absolute Gasteiger partial charge is 0.241 e. The first-order valence-corrected chi connectivity index (χ1v) is 6.55. The SMILES string of the molecule is CCCN(CCC)C(=O)CNc1ccc(F)c(F)c1. The second-order valence-corrected chi connectivity index (χ2v) is 4.36. The van der Waals surface area contributed by atoms with Gasteiger partial charge in [-0.15, -0.1) is 0 Å². The molecule has 0 radical (unpaired) electrons. The minimum Gasteiger partial charge on any atom is -0.376 e. The van der Waals surface area contributed by atoms with Gasteiger partial charge < -0.3 is 10.2 Å². The standard InChI is InChI=1S/C14H20F2N2O/c1-3-7-18(8-4-2)14(19)10-17-11-5-6-12(15)13(16)9-11/h5-6,9,17H,3-4,7-8,10H2,1-2H3. The summed E-state index contributed by atoms with van der Waals surface area (Å²) in [4.78, 5) is 13.7. The fraction of sp³-hybridized carbons (Fsp3) is 0.500. The van der Waals surface area contributed by atoms with Gasteiger partial charge >= 0.3 is 0 Å². The predicted molar refractivity (Wildman–Crippen MR) is 72.0 cm³/mol. The van der Waals surface area contributed by atoms with E-state index >= 15 is 0 Å². The summed E-state index contributed by atoms with van der Waals surface area (Å²) in [7, 11) is 0. The Morgan fingerprint density at radius 3 is 2.32 bits per heavy atom. The third kappa shape index (κ3) is 4.85. The van der Waals surface area contributed by atoms with E-state index in [1.54, 1.807) is 4.90 Å². The predicted octanol–water partition coefficient (Wildman–Crippen LogP) is 3.03. The molecule has 1 aromatic carbocycles. The Kier molecular flexibility index (Phi) is 6.25. The molecule has 3 nitrogen and oxygen atoms in total. The molecule has 0 saturated heterocycles. The molecule has 0 atom stereocenters. The van der Waals surface area contributed by atoms with Crippen LogP contribution >= 0.6 is 0 Å². The van der Waals surface area contributed by atoms with Crippen molar-refractivity contribution in [2.24, 2.45) is 0 Å². The summed E-state index contributed by atoms with van der Waals surface area (Å²) in [5.41, 5.74) is 0.403. The van der Waals surface area contributed by atoms with Gasteiger partial charge in [-0.3, -0.25) is 4.79 Å². The fourth-order valence-electron chi connectivity index (χ4n) is 1.80. The van der Waals surface area contributed by atoms with Crippen LogP contribution in [0.3, 0.4) is 0 Å². The summed E-state index contributed by atoms with van der Waals surface area (Å²) >= 11 is 0. The lowest BCUT2D eigenvalue weighted by Gasteiger charge is -2.21. The second kappa shape index (κ2) is 7.71. The van der Waals surface area contributed by atoms with Gasteiger partial charge in [0, 0.05) is 24.8 Å². The van der Waals surface area contributed by atoms with Crippen molar-refractivity contribution in [2.75, 3.05) is 25.0 Å². The molecular weight excluding hydrogens is 250 g/mol. The monoisotopic (exact) mass is 270 g/mol. The summed E-state index contributed by atoms with van der Waals surface area (Å²) in [6, 6.07) is 3.50. The molecule has 0 unspecified atom stereocenters. The van der Waals surface area contributed by atoms with Crippen LogP contribution in [0.5, 0.6) is 0 Å². The van der Waals surface area contributed by atoms with E-state index in [0.29, 0.717) is 18.8 Å². The number of nitrogens with one attached hydrogen (secondary N) is 1. The van der Waals surface area contributed by atoms with E-state index in [1.165, 1.54) is 6.07 Å². The Morgan fingerprint density at radius 2 is 1.79 bits per heavy atom. The summed E-state index contributed by atoms with van der Waals surface area (Å²) in [5, 5.41) is 2.81. The normalized spacial score (nSPS) is 10.3. The molecule has 1 N–H and O–H groups in total. The van der Waals surface area contributed by atoms with Crippen LogP contribution in [0.1, 0.15) is 26.7 Å². The minimum atomic E-state index is -0.920. The number of rotatable bonds is 7. The van der Waals surface area contributed by atoms with Crippen LogP contribution in [0.25, 0.3) is 0 Å².